The number of nitrogens with zero attached hydrogens (tertiary/aromatic N) is 3. The van der Waals surface area contributed by atoms with Gasteiger partial charge < -0.3 is 5.32 Å². The third kappa shape index (κ3) is 3.52. The van der Waals surface area contributed by atoms with Gasteiger partial charge in [-0.05, 0) is 27.8 Å². The highest BCUT2D eigenvalue weighted by molar-refractivity contribution is 7.91. The van der Waals surface area contributed by atoms with E-state index in [0.717, 1.165) is 5.82 Å². The van der Waals surface area contributed by atoms with Crippen molar-refractivity contribution in [2.75, 3.05) is 13.3 Å². The number of likely N-dealkylation sites (N-methyl/N-ethyl adjacent to an activating group) is 1. The van der Waals surface area contributed by atoms with Crippen molar-refractivity contribution in [1.29, 1.82) is 0 Å². The molecule has 0 aliphatic rings. The number of sulfone groups is 1. The van der Waals surface area contributed by atoms with Crippen LogP contribution in [0.1, 0.15) is 32.6 Å². The van der Waals surface area contributed by atoms with Crippen molar-refractivity contribution in [1.82, 2.24) is 20.1 Å². The van der Waals surface area contributed by atoms with Crippen molar-refractivity contribution in [2.24, 2.45) is 0 Å². The van der Waals surface area contributed by atoms with Gasteiger partial charge in [0.1, 0.15) is 12.2 Å². The zero-order valence-electron chi connectivity index (χ0n) is 11.6. The fourth-order valence-electron chi connectivity index (χ4n) is 1.85. The van der Waals surface area contributed by atoms with E-state index in [2.05, 4.69) is 15.4 Å². The van der Waals surface area contributed by atoms with Crippen LogP contribution in [0.3, 0.4) is 0 Å². The normalized spacial score (nSPS) is 15.9. The Labute approximate surface area is 109 Å². The van der Waals surface area contributed by atoms with Gasteiger partial charge in [-0.3, -0.25) is 0 Å². The molecule has 0 saturated heterocycles. The molecule has 1 aromatic heterocycles. The second kappa shape index (κ2) is 5.79. The molecule has 0 aliphatic heterocycles. The van der Waals surface area contributed by atoms with Gasteiger partial charge in [0.25, 0.3) is 0 Å². The molecule has 0 amide bonds. The molecule has 0 fully saturated rings. The van der Waals surface area contributed by atoms with Crippen LogP contribution >= 0.6 is 0 Å². The van der Waals surface area contributed by atoms with Gasteiger partial charge in [-0.2, -0.15) is 5.10 Å². The molecule has 18 heavy (non-hydrogen) atoms. The number of hydrogen-bond acceptors (Lipinski definition) is 5. The predicted molar refractivity (Wildman–Crippen MR) is 71.3 cm³/mol. The Balaban J connectivity index is 2.90. The zero-order valence-corrected chi connectivity index (χ0v) is 12.4. The summed E-state index contributed by atoms with van der Waals surface area (Å²) in [7, 11) is -1.30. The lowest BCUT2D eigenvalue weighted by Crippen LogP contribution is -2.42. The van der Waals surface area contributed by atoms with Crippen LogP contribution in [0.25, 0.3) is 0 Å². The number of rotatable bonds is 6. The van der Waals surface area contributed by atoms with E-state index in [1.807, 2.05) is 18.5 Å². The van der Waals surface area contributed by atoms with E-state index in [1.165, 1.54) is 12.6 Å². The number of hydrogen-bond donors (Lipinski definition) is 1. The Bertz CT molecular complexity index is 481. The quantitative estimate of drug-likeness (QED) is 0.813. The lowest BCUT2D eigenvalue weighted by molar-refractivity contribution is 0.461. The molecular weight excluding hydrogens is 252 g/mol. The summed E-state index contributed by atoms with van der Waals surface area (Å²) in [4.78, 5) is 4.21. The van der Waals surface area contributed by atoms with Crippen LogP contribution in [0.4, 0.5) is 0 Å². The SMILES string of the molecule is CNC(Cc1ncnn1C(C)C)C(C)S(C)(=O)=O. The summed E-state index contributed by atoms with van der Waals surface area (Å²) < 4.78 is 25.0. The van der Waals surface area contributed by atoms with Gasteiger partial charge in [0, 0.05) is 24.8 Å². The third-order valence-corrected chi connectivity index (χ3v) is 4.83. The molecule has 2 atom stereocenters. The summed E-state index contributed by atoms with van der Waals surface area (Å²) in [6.45, 7) is 5.76. The fraction of sp³-hybridized carbons (Fsp3) is 0.818. The Morgan fingerprint density at radius 3 is 2.44 bits per heavy atom. The Hall–Kier alpha value is -0.950. The van der Waals surface area contributed by atoms with Gasteiger partial charge in [0.15, 0.2) is 9.84 Å². The Morgan fingerprint density at radius 1 is 1.39 bits per heavy atom. The fourth-order valence-corrected chi connectivity index (χ4v) is 2.68. The first kappa shape index (κ1) is 15.1. The molecule has 1 N–H and O–H groups in total. The molecule has 6 nitrogen and oxygen atoms in total. The minimum atomic E-state index is -3.07. The van der Waals surface area contributed by atoms with Crippen molar-refractivity contribution in [2.45, 2.75) is 44.5 Å². The number of nitrogens with one attached hydrogen (secondary N) is 1. The van der Waals surface area contributed by atoms with E-state index in [9.17, 15) is 8.42 Å². The summed E-state index contributed by atoms with van der Waals surface area (Å²) >= 11 is 0. The van der Waals surface area contributed by atoms with E-state index in [1.54, 1.807) is 14.0 Å². The summed E-state index contributed by atoms with van der Waals surface area (Å²) in [6, 6.07) is 0.0512. The van der Waals surface area contributed by atoms with Gasteiger partial charge >= 0.3 is 0 Å². The lowest BCUT2D eigenvalue weighted by atomic mass is 10.1. The van der Waals surface area contributed by atoms with Crippen LogP contribution < -0.4 is 5.32 Å². The van der Waals surface area contributed by atoms with E-state index in [-0.39, 0.29) is 12.1 Å². The molecule has 1 heterocycles. The minimum Gasteiger partial charge on any atom is -0.315 e. The van der Waals surface area contributed by atoms with Crippen molar-refractivity contribution in [3.8, 4) is 0 Å². The van der Waals surface area contributed by atoms with Crippen molar-refractivity contribution < 1.29 is 8.42 Å². The minimum absolute atomic E-state index is 0.165. The summed E-state index contributed by atoms with van der Waals surface area (Å²) in [5.74, 6) is 0.805. The van der Waals surface area contributed by atoms with Crippen LogP contribution in [0.15, 0.2) is 6.33 Å². The van der Waals surface area contributed by atoms with Crippen molar-refractivity contribution in [3.63, 3.8) is 0 Å². The topological polar surface area (TPSA) is 76.9 Å². The smallest absolute Gasteiger partial charge is 0.151 e. The van der Waals surface area contributed by atoms with Gasteiger partial charge in [0.05, 0.1) is 5.25 Å². The van der Waals surface area contributed by atoms with Gasteiger partial charge in [-0.15, -0.1) is 0 Å². The molecule has 0 aromatic carbocycles. The molecule has 2 unspecified atom stereocenters. The van der Waals surface area contributed by atoms with Crippen LogP contribution in [0.5, 0.6) is 0 Å². The van der Waals surface area contributed by atoms with Crippen LogP contribution in [-0.2, 0) is 16.3 Å². The summed E-state index contributed by atoms with van der Waals surface area (Å²) in [6.07, 6.45) is 3.31. The molecule has 0 saturated carbocycles. The molecule has 1 rings (SSSR count). The second-order valence-corrected chi connectivity index (χ2v) is 7.25. The third-order valence-electron chi connectivity index (χ3n) is 3.15. The predicted octanol–water partition coefficient (Wildman–Crippen LogP) is 0.423. The van der Waals surface area contributed by atoms with Crippen molar-refractivity contribution >= 4 is 9.84 Å². The standard InChI is InChI=1S/C11H22N4O2S/c1-8(2)15-11(13-7-14-15)6-10(12-4)9(3)18(5,16)17/h7-10,12H,6H2,1-5H3. The average Bonchev–Trinajstić information content (AvgIpc) is 2.71. The molecule has 1 aromatic rings. The lowest BCUT2D eigenvalue weighted by Gasteiger charge is -2.22. The highest BCUT2D eigenvalue weighted by atomic mass is 32.2. The highest BCUT2D eigenvalue weighted by Crippen LogP contribution is 2.12. The second-order valence-electron chi connectivity index (χ2n) is 4.85. The maximum Gasteiger partial charge on any atom is 0.151 e. The molecule has 0 spiro atoms. The van der Waals surface area contributed by atoms with Gasteiger partial charge in [-0.1, -0.05) is 0 Å². The highest BCUT2D eigenvalue weighted by Gasteiger charge is 2.26. The summed E-state index contributed by atoms with van der Waals surface area (Å²) in [5, 5.41) is 6.75. The molecule has 104 valence electrons. The van der Waals surface area contributed by atoms with Crippen molar-refractivity contribution in [3.05, 3.63) is 12.2 Å². The maximum absolute atomic E-state index is 11.6. The first-order valence-corrected chi connectivity index (χ1v) is 7.97. The molecule has 7 heteroatoms. The first-order chi connectivity index (χ1) is 8.27. The molecule has 0 aliphatic carbocycles. The zero-order chi connectivity index (χ0) is 13.9. The van der Waals surface area contributed by atoms with Crippen LogP contribution in [0, 0.1) is 0 Å². The van der Waals surface area contributed by atoms with E-state index in [4.69, 9.17) is 0 Å². The van der Waals surface area contributed by atoms with E-state index >= 15 is 0 Å². The van der Waals surface area contributed by atoms with E-state index in [0.29, 0.717) is 6.42 Å². The average molecular weight is 274 g/mol. The first-order valence-electron chi connectivity index (χ1n) is 6.01. The van der Waals surface area contributed by atoms with E-state index < -0.39 is 15.1 Å². The number of aromatic nitrogens is 3. The van der Waals surface area contributed by atoms with Gasteiger partial charge in [-0.25, -0.2) is 18.1 Å². The van der Waals surface area contributed by atoms with Gasteiger partial charge in [0.2, 0.25) is 0 Å². The Morgan fingerprint density at radius 2 is 2.00 bits per heavy atom. The maximum atomic E-state index is 11.6. The van der Waals surface area contributed by atoms with Crippen LogP contribution in [0.2, 0.25) is 0 Å². The monoisotopic (exact) mass is 274 g/mol. The molecule has 0 radical (unpaired) electrons. The molecule has 0 bridgehead atoms. The largest absolute Gasteiger partial charge is 0.315 e. The summed E-state index contributed by atoms with van der Waals surface area (Å²) in [5.41, 5.74) is 0. The Kier molecular flexibility index (Phi) is 4.86. The molecular formula is C11H22N4O2S. The van der Waals surface area contributed by atoms with Crippen LogP contribution in [-0.4, -0.2) is 47.8 Å².